The molecule has 0 bridgehead atoms. The van der Waals surface area contributed by atoms with Gasteiger partial charge in [0, 0.05) is 10.7 Å². The maximum absolute atomic E-state index is 12.7. The molecule has 6 nitrogen and oxygen atoms in total. The number of benzene rings is 2. The van der Waals surface area contributed by atoms with Crippen LogP contribution in [0.2, 0.25) is 5.02 Å². The first kappa shape index (κ1) is 19.8. The Labute approximate surface area is 164 Å². The van der Waals surface area contributed by atoms with Crippen LogP contribution in [0.3, 0.4) is 0 Å². The molecule has 1 atom stereocenters. The lowest BCUT2D eigenvalue weighted by molar-refractivity contribution is -0.917. The smallest absolute Gasteiger partial charge is 0.282 e. The van der Waals surface area contributed by atoms with Crippen molar-refractivity contribution in [2.75, 3.05) is 31.5 Å². The van der Waals surface area contributed by atoms with E-state index in [4.69, 9.17) is 11.6 Å². The van der Waals surface area contributed by atoms with Crippen molar-refractivity contribution >= 4 is 33.2 Å². The van der Waals surface area contributed by atoms with Gasteiger partial charge in [-0.15, -0.1) is 0 Å². The zero-order valence-electron chi connectivity index (χ0n) is 15.1. The van der Waals surface area contributed by atoms with E-state index in [1.807, 2.05) is 37.3 Å². The number of carbonyl (C=O) groups excluding carboxylic acids is 1. The summed E-state index contributed by atoms with van der Waals surface area (Å²) in [6.45, 7) is 3.79. The van der Waals surface area contributed by atoms with Gasteiger partial charge in [0.25, 0.3) is 5.91 Å². The van der Waals surface area contributed by atoms with Crippen LogP contribution < -0.4 is 10.2 Å². The van der Waals surface area contributed by atoms with Crippen LogP contribution in [0.1, 0.15) is 6.92 Å². The minimum Gasteiger partial charge on any atom is -0.323 e. The molecular weight excluding hydrogens is 386 g/mol. The van der Waals surface area contributed by atoms with Crippen molar-refractivity contribution in [3.8, 4) is 0 Å². The van der Waals surface area contributed by atoms with E-state index in [-0.39, 0.29) is 16.8 Å². The summed E-state index contributed by atoms with van der Waals surface area (Å²) < 4.78 is 27.0. The van der Waals surface area contributed by atoms with Crippen LogP contribution in [0.5, 0.6) is 0 Å². The molecule has 2 aromatic rings. The summed E-state index contributed by atoms with van der Waals surface area (Å²) in [5.41, 5.74) is 0.762. The van der Waals surface area contributed by atoms with Gasteiger partial charge in [-0.2, -0.15) is 4.31 Å². The highest BCUT2D eigenvalue weighted by molar-refractivity contribution is 7.89. The van der Waals surface area contributed by atoms with E-state index in [9.17, 15) is 13.2 Å². The molecule has 1 heterocycles. The quantitative estimate of drug-likeness (QED) is 0.782. The number of rotatable bonds is 5. The number of hydrogen-bond acceptors (Lipinski definition) is 3. The number of amides is 1. The Balaban J connectivity index is 1.59. The van der Waals surface area contributed by atoms with E-state index in [0.29, 0.717) is 31.2 Å². The second-order valence-electron chi connectivity index (χ2n) is 6.59. The van der Waals surface area contributed by atoms with Crippen LogP contribution in [0.25, 0.3) is 0 Å². The molecule has 1 aliphatic heterocycles. The predicted molar refractivity (Wildman–Crippen MR) is 105 cm³/mol. The molecule has 0 spiro atoms. The fourth-order valence-electron chi connectivity index (χ4n) is 3.16. The molecule has 0 unspecified atom stereocenters. The molecule has 3 rings (SSSR count). The zero-order valence-corrected chi connectivity index (χ0v) is 16.6. The van der Waals surface area contributed by atoms with Gasteiger partial charge in [0.05, 0.1) is 31.1 Å². The van der Waals surface area contributed by atoms with Crippen molar-refractivity contribution in [2.24, 2.45) is 0 Å². The Morgan fingerprint density at radius 3 is 2.26 bits per heavy atom. The second kappa shape index (κ2) is 8.39. The van der Waals surface area contributed by atoms with E-state index in [1.54, 1.807) is 12.1 Å². The maximum atomic E-state index is 12.7. The summed E-state index contributed by atoms with van der Waals surface area (Å²) in [4.78, 5) is 13.8. The van der Waals surface area contributed by atoms with Crippen LogP contribution in [0.4, 0.5) is 5.69 Å². The van der Waals surface area contributed by atoms with Gasteiger partial charge in [-0.3, -0.25) is 4.79 Å². The lowest BCUT2D eigenvalue weighted by Gasteiger charge is -2.34. The van der Waals surface area contributed by atoms with Gasteiger partial charge < -0.3 is 10.2 Å². The fourth-order valence-corrected chi connectivity index (χ4v) is 4.73. The first-order chi connectivity index (χ1) is 12.9. The molecule has 1 aliphatic rings. The molecule has 1 saturated heterocycles. The fraction of sp³-hybridized carbons (Fsp3) is 0.316. The molecule has 0 aliphatic carbocycles. The number of quaternary nitrogens is 1. The number of piperazine rings is 1. The van der Waals surface area contributed by atoms with Crippen LogP contribution in [0.15, 0.2) is 59.5 Å². The van der Waals surface area contributed by atoms with Gasteiger partial charge >= 0.3 is 0 Å². The molecule has 144 valence electrons. The number of sulfonamides is 1. The van der Waals surface area contributed by atoms with Crippen molar-refractivity contribution in [3.05, 3.63) is 59.6 Å². The molecule has 2 N–H and O–H groups in total. The highest BCUT2D eigenvalue weighted by Gasteiger charge is 2.34. The van der Waals surface area contributed by atoms with Gasteiger partial charge in [-0.25, -0.2) is 8.42 Å². The van der Waals surface area contributed by atoms with Crippen molar-refractivity contribution in [3.63, 3.8) is 0 Å². The molecule has 1 amide bonds. The van der Waals surface area contributed by atoms with Gasteiger partial charge in [0.15, 0.2) is 6.04 Å². The van der Waals surface area contributed by atoms with E-state index < -0.39 is 10.0 Å². The second-order valence-corrected chi connectivity index (χ2v) is 8.97. The van der Waals surface area contributed by atoms with Crippen LogP contribution in [-0.2, 0) is 14.8 Å². The van der Waals surface area contributed by atoms with Crippen LogP contribution in [0, 0.1) is 0 Å². The summed E-state index contributed by atoms with van der Waals surface area (Å²) in [7, 11) is -3.54. The summed E-state index contributed by atoms with van der Waals surface area (Å²) in [6.07, 6.45) is 0. The summed E-state index contributed by atoms with van der Waals surface area (Å²) in [5, 5.41) is 3.41. The van der Waals surface area contributed by atoms with Gasteiger partial charge in [0.2, 0.25) is 10.0 Å². The number of anilines is 1. The molecule has 2 aromatic carbocycles. The first-order valence-corrected chi connectivity index (χ1v) is 10.7. The largest absolute Gasteiger partial charge is 0.323 e. The third-order valence-electron chi connectivity index (χ3n) is 4.86. The molecule has 0 aromatic heterocycles. The lowest BCUT2D eigenvalue weighted by Crippen LogP contribution is -3.19. The van der Waals surface area contributed by atoms with Crippen molar-refractivity contribution in [2.45, 2.75) is 17.9 Å². The number of para-hydroxylation sites is 1. The standard InChI is InChI=1S/C19H22ClN3O3S/c1-15(19(24)21-17-5-3-2-4-6-17)22-11-13-23(14-12-22)27(25,26)18-9-7-16(20)8-10-18/h2-10,15H,11-14H2,1H3,(H,21,24)/p+1/t15-/m1/s1. The number of halogens is 1. The van der Waals surface area contributed by atoms with E-state index >= 15 is 0 Å². The molecule has 8 heteroatoms. The topological polar surface area (TPSA) is 70.9 Å². The average molecular weight is 409 g/mol. The molecular formula is C19H23ClN3O3S+. The predicted octanol–water partition coefficient (Wildman–Crippen LogP) is 1.26. The van der Waals surface area contributed by atoms with Crippen molar-refractivity contribution in [1.82, 2.24) is 4.31 Å². The highest BCUT2D eigenvalue weighted by atomic mass is 35.5. The van der Waals surface area contributed by atoms with Gasteiger partial charge in [0.1, 0.15) is 0 Å². The highest BCUT2D eigenvalue weighted by Crippen LogP contribution is 2.18. The van der Waals surface area contributed by atoms with Gasteiger partial charge in [-0.1, -0.05) is 29.8 Å². The Hall–Kier alpha value is -1.93. The third-order valence-corrected chi connectivity index (χ3v) is 7.03. The van der Waals surface area contributed by atoms with Crippen molar-refractivity contribution < 1.29 is 18.1 Å². The Morgan fingerprint density at radius 2 is 1.67 bits per heavy atom. The lowest BCUT2D eigenvalue weighted by atomic mass is 10.2. The SMILES string of the molecule is C[C@H](C(=O)Nc1ccccc1)[NH+]1CCN(S(=O)(=O)c2ccc(Cl)cc2)CC1. The number of nitrogens with one attached hydrogen (secondary N) is 2. The molecule has 27 heavy (non-hydrogen) atoms. The first-order valence-electron chi connectivity index (χ1n) is 8.84. The minimum atomic E-state index is -3.54. The zero-order chi connectivity index (χ0) is 19.4. The Morgan fingerprint density at radius 1 is 1.07 bits per heavy atom. The number of nitrogens with zero attached hydrogens (tertiary/aromatic N) is 1. The Bertz CT molecular complexity index is 880. The van der Waals surface area contributed by atoms with Crippen molar-refractivity contribution in [1.29, 1.82) is 0 Å². The number of carbonyl (C=O) groups is 1. The summed E-state index contributed by atoms with van der Waals surface area (Å²) in [5.74, 6) is -0.0646. The van der Waals surface area contributed by atoms with Gasteiger partial charge in [-0.05, 0) is 43.3 Å². The van der Waals surface area contributed by atoms with E-state index in [2.05, 4.69) is 5.32 Å². The Kier molecular flexibility index (Phi) is 6.16. The molecule has 0 saturated carbocycles. The van der Waals surface area contributed by atoms with E-state index in [1.165, 1.54) is 16.4 Å². The summed E-state index contributed by atoms with van der Waals surface area (Å²) in [6, 6.07) is 15.3. The average Bonchev–Trinajstić information content (AvgIpc) is 2.68. The third kappa shape index (κ3) is 4.68. The summed E-state index contributed by atoms with van der Waals surface area (Å²) >= 11 is 5.84. The minimum absolute atomic E-state index is 0.0646. The maximum Gasteiger partial charge on any atom is 0.282 e. The number of hydrogen-bond donors (Lipinski definition) is 2. The van der Waals surface area contributed by atoms with Crippen LogP contribution >= 0.6 is 11.6 Å². The van der Waals surface area contributed by atoms with Crippen LogP contribution in [-0.4, -0.2) is 50.9 Å². The monoisotopic (exact) mass is 408 g/mol. The molecule has 0 radical (unpaired) electrons. The normalized spacial score (nSPS) is 17.4. The van der Waals surface area contributed by atoms with E-state index in [0.717, 1.165) is 10.6 Å². The molecule has 1 fully saturated rings.